The summed E-state index contributed by atoms with van der Waals surface area (Å²) in [4.78, 5) is 39.3. The fourth-order valence-corrected chi connectivity index (χ4v) is 4.05. The minimum absolute atomic E-state index is 0.0375. The molecule has 0 unspecified atom stereocenters. The van der Waals surface area contributed by atoms with Crippen molar-refractivity contribution < 1.29 is 23.9 Å². The molecule has 4 rings (SSSR count). The van der Waals surface area contributed by atoms with Crippen molar-refractivity contribution in [2.75, 3.05) is 23.9 Å². The highest BCUT2D eigenvalue weighted by Crippen LogP contribution is 2.36. The van der Waals surface area contributed by atoms with E-state index in [4.69, 9.17) is 33.3 Å². The first-order valence-electron chi connectivity index (χ1n) is 10.5. The number of carbonyl (C=O) groups is 3. The first kappa shape index (κ1) is 24.2. The molecular weight excluding hydrogens is 490 g/mol. The van der Waals surface area contributed by atoms with Gasteiger partial charge in [0.1, 0.15) is 11.5 Å². The van der Waals surface area contributed by atoms with E-state index in [1.807, 2.05) is 6.92 Å². The Morgan fingerprint density at radius 2 is 1.69 bits per heavy atom. The quantitative estimate of drug-likeness (QED) is 0.368. The SMILES string of the molecule is CCOc1ccc(C(=O)NC(=S)Nc2ccc(N3C(=O)c4ccccc4C3=O)c(OC)c2)cc1Cl. The Bertz CT molecular complexity index is 1330. The van der Waals surface area contributed by atoms with Crippen LogP contribution in [0.4, 0.5) is 11.4 Å². The minimum atomic E-state index is -0.456. The van der Waals surface area contributed by atoms with Crippen LogP contribution in [0.25, 0.3) is 0 Å². The number of methoxy groups -OCH3 is 1. The molecule has 178 valence electrons. The average Bonchev–Trinajstić information content (AvgIpc) is 3.10. The predicted molar refractivity (Wildman–Crippen MR) is 137 cm³/mol. The van der Waals surface area contributed by atoms with Gasteiger partial charge in [-0.3, -0.25) is 19.7 Å². The number of hydrogen-bond acceptors (Lipinski definition) is 6. The van der Waals surface area contributed by atoms with Crippen molar-refractivity contribution in [1.82, 2.24) is 5.32 Å². The molecule has 0 bridgehead atoms. The number of anilines is 2. The number of rotatable bonds is 6. The second kappa shape index (κ2) is 10.1. The van der Waals surface area contributed by atoms with E-state index in [0.717, 1.165) is 4.90 Å². The number of benzene rings is 3. The second-order valence-corrected chi connectivity index (χ2v) is 8.18. The fraction of sp³-hybridized carbons (Fsp3) is 0.120. The smallest absolute Gasteiger partial charge is 0.266 e. The Hall–Kier alpha value is -3.95. The third-order valence-corrected chi connectivity index (χ3v) is 5.69. The third kappa shape index (κ3) is 4.82. The maximum absolute atomic E-state index is 12.8. The lowest BCUT2D eigenvalue weighted by atomic mass is 10.1. The molecule has 2 N–H and O–H groups in total. The summed E-state index contributed by atoms with van der Waals surface area (Å²) >= 11 is 11.4. The zero-order valence-electron chi connectivity index (χ0n) is 18.8. The number of imide groups is 1. The van der Waals surface area contributed by atoms with E-state index in [2.05, 4.69) is 10.6 Å². The van der Waals surface area contributed by atoms with Gasteiger partial charge in [0.05, 0.1) is 35.6 Å². The van der Waals surface area contributed by atoms with Crippen LogP contribution in [0.3, 0.4) is 0 Å². The summed E-state index contributed by atoms with van der Waals surface area (Å²) in [6, 6.07) is 16.1. The Kier molecular flexibility index (Phi) is 6.99. The van der Waals surface area contributed by atoms with Gasteiger partial charge in [0.15, 0.2) is 5.11 Å². The number of ether oxygens (including phenoxy) is 2. The van der Waals surface area contributed by atoms with E-state index in [0.29, 0.717) is 45.4 Å². The number of nitrogens with zero attached hydrogens (tertiary/aromatic N) is 1. The molecule has 1 aliphatic heterocycles. The highest BCUT2D eigenvalue weighted by atomic mass is 35.5. The first-order chi connectivity index (χ1) is 16.8. The van der Waals surface area contributed by atoms with Crippen molar-refractivity contribution in [2.45, 2.75) is 6.92 Å². The molecule has 10 heteroatoms. The molecule has 0 saturated heterocycles. The topological polar surface area (TPSA) is 97.0 Å². The second-order valence-electron chi connectivity index (χ2n) is 7.36. The molecule has 0 aliphatic carbocycles. The number of nitrogens with one attached hydrogen (secondary N) is 2. The first-order valence-corrected chi connectivity index (χ1v) is 11.3. The Morgan fingerprint density at radius 3 is 2.29 bits per heavy atom. The summed E-state index contributed by atoms with van der Waals surface area (Å²) in [5.41, 5.74) is 1.75. The van der Waals surface area contributed by atoms with Gasteiger partial charge in [-0.25, -0.2) is 4.90 Å². The van der Waals surface area contributed by atoms with Crippen molar-refractivity contribution in [3.63, 3.8) is 0 Å². The predicted octanol–water partition coefficient (Wildman–Crippen LogP) is 4.67. The summed E-state index contributed by atoms with van der Waals surface area (Å²) in [5.74, 6) is -0.557. The van der Waals surface area contributed by atoms with Crippen LogP contribution in [0.15, 0.2) is 60.7 Å². The number of carbonyl (C=O) groups excluding carboxylic acids is 3. The number of fused-ring (bicyclic) bond motifs is 1. The molecule has 1 aliphatic rings. The van der Waals surface area contributed by atoms with Gasteiger partial charge < -0.3 is 14.8 Å². The molecule has 8 nitrogen and oxygen atoms in total. The summed E-state index contributed by atoms with van der Waals surface area (Å²) in [5, 5.41) is 5.82. The minimum Gasteiger partial charge on any atom is -0.494 e. The molecule has 1 heterocycles. The van der Waals surface area contributed by atoms with Crippen LogP contribution in [-0.2, 0) is 0 Å². The lowest BCUT2D eigenvalue weighted by Gasteiger charge is -2.19. The summed E-state index contributed by atoms with van der Waals surface area (Å²) in [6.07, 6.45) is 0. The molecule has 35 heavy (non-hydrogen) atoms. The maximum Gasteiger partial charge on any atom is 0.266 e. The van der Waals surface area contributed by atoms with Crippen LogP contribution in [0.5, 0.6) is 11.5 Å². The van der Waals surface area contributed by atoms with Crippen molar-refractivity contribution in [2.24, 2.45) is 0 Å². The number of thiocarbonyl (C=S) groups is 1. The number of hydrogen-bond donors (Lipinski definition) is 2. The Morgan fingerprint density at radius 1 is 1.00 bits per heavy atom. The summed E-state index contributed by atoms with van der Waals surface area (Å²) in [6.45, 7) is 2.29. The lowest BCUT2D eigenvalue weighted by Crippen LogP contribution is -2.34. The van der Waals surface area contributed by atoms with Gasteiger partial charge in [0.25, 0.3) is 17.7 Å². The molecular formula is C25H20ClN3O5S. The van der Waals surface area contributed by atoms with Crippen molar-refractivity contribution in [3.8, 4) is 11.5 Å². The van der Waals surface area contributed by atoms with Gasteiger partial charge in [-0.2, -0.15) is 0 Å². The van der Waals surface area contributed by atoms with Gasteiger partial charge >= 0.3 is 0 Å². The fourth-order valence-electron chi connectivity index (χ4n) is 3.60. The van der Waals surface area contributed by atoms with Gasteiger partial charge in [0.2, 0.25) is 0 Å². The standard InChI is InChI=1S/C25H20ClN3O5S/c1-3-34-20-11-8-14(12-18(20)26)22(30)28-25(35)27-15-9-10-19(21(13-15)33-2)29-23(31)16-6-4-5-7-17(16)24(29)32/h4-13H,3H2,1-2H3,(H2,27,28,30,35). The van der Waals surface area contributed by atoms with Crippen LogP contribution in [0.2, 0.25) is 5.02 Å². The van der Waals surface area contributed by atoms with Gasteiger partial charge in [-0.15, -0.1) is 0 Å². The largest absolute Gasteiger partial charge is 0.494 e. The van der Waals surface area contributed by atoms with E-state index < -0.39 is 17.7 Å². The maximum atomic E-state index is 12.8. The van der Waals surface area contributed by atoms with Crippen LogP contribution in [0.1, 0.15) is 38.0 Å². The molecule has 0 saturated carbocycles. The highest BCUT2D eigenvalue weighted by Gasteiger charge is 2.37. The van der Waals surface area contributed by atoms with E-state index in [1.165, 1.54) is 13.2 Å². The third-order valence-electron chi connectivity index (χ3n) is 5.19. The number of amides is 3. The molecule has 0 spiro atoms. The zero-order chi connectivity index (χ0) is 25.1. The monoisotopic (exact) mass is 509 g/mol. The van der Waals surface area contributed by atoms with E-state index in [9.17, 15) is 14.4 Å². The molecule has 3 aromatic carbocycles. The van der Waals surface area contributed by atoms with Crippen LogP contribution in [-0.4, -0.2) is 36.6 Å². The average molecular weight is 510 g/mol. The van der Waals surface area contributed by atoms with Crippen LogP contribution >= 0.6 is 23.8 Å². The van der Waals surface area contributed by atoms with Crippen LogP contribution < -0.4 is 25.0 Å². The highest BCUT2D eigenvalue weighted by molar-refractivity contribution is 7.80. The van der Waals surface area contributed by atoms with E-state index in [-0.39, 0.29) is 10.9 Å². The van der Waals surface area contributed by atoms with E-state index >= 15 is 0 Å². The zero-order valence-corrected chi connectivity index (χ0v) is 20.3. The summed E-state index contributed by atoms with van der Waals surface area (Å²) < 4.78 is 10.8. The number of halogens is 1. The van der Waals surface area contributed by atoms with Crippen molar-refractivity contribution in [1.29, 1.82) is 0 Å². The Labute approximate surface area is 211 Å². The molecule has 0 fully saturated rings. The normalized spacial score (nSPS) is 12.3. The van der Waals surface area contributed by atoms with Gasteiger partial charge in [-0.1, -0.05) is 23.7 Å². The van der Waals surface area contributed by atoms with E-state index in [1.54, 1.807) is 54.6 Å². The Balaban J connectivity index is 1.48. The molecule has 0 aromatic heterocycles. The van der Waals surface area contributed by atoms with Crippen LogP contribution in [0, 0.1) is 0 Å². The molecule has 0 atom stereocenters. The van der Waals surface area contributed by atoms with Gasteiger partial charge in [-0.05, 0) is 61.6 Å². The molecule has 0 radical (unpaired) electrons. The lowest BCUT2D eigenvalue weighted by molar-refractivity contribution is 0.0922. The van der Waals surface area contributed by atoms with Gasteiger partial charge in [0, 0.05) is 17.3 Å². The van der Waals surface area contributed by atoms with Crippen molar-refractivity contribution >= 4 is 58.0 Å². The molecule has 3 amide bonds. The van der Waals surface area contributed by atoms with Crippen molar-refractivity contribution in [3.05, 3.63) is 82.4 Å². The summed E-state index contributed by atoms with van der Waals surface area (Å²) in [7, 11) is 1.43. The molecule has 3 aromatic rings.